The molecule has 0 aliphatic heterocycles. The van der Waals surface area contributed by atoms with Crippen LogP contribution in [0.5, 0.6) is 0 Å². The first-order chi connectivity index (χ1) is 7.17. The van der Waals surface area contributed by atoms with Crippen LogP contribution in [0.3, 0.4) is 0 Å². The van der Waals surface area contributed by atoms with E-state index in [9.17, 15) is 4.79 Å². The fourth-order valence-corrected chi connectivity index (χ4v) is 0.987. The molecule has 0 bridgehead atoms. The lowest BCUT2D eigenvalue weighted by molar-refractivity contribution is 0.0931. The molecule has 0 saturated carbocycles. The minimum atomic E-state index is -0.293. The van der Waals surface area contributed by atoms with Gasteiger partial charge in [-0.2, -0.15) is 0 Å². The van der Waals surface area contributed by atoms with Gasteiger partial charge in [-0.15, -0.1) is 12.4 Å². The van der Waals surface area contributed by atoms with Crippen LogP contribution in [0.1, 0.15) is 23.2 Å². The quantitative estimate of drug-likeness (QED) is 0.784. The lowest BCUT2D eigenvalue weighted by Gasteiger charge is -2.08. The SMILES string of the molecule is COCc1cc(C(=O)N[C@H](C)CN)no1.Cl. The van der Waals surface area contributed by atoms with Crippen LogP contribution in [0.25, 0.3) is 0 Å². The summed E-state index contributed by atoms with van der Waals surface area (Å²) in [6.07, 6.45) is 0. The number of ether oxygens (including phenoxy) is 1. The number of nitrogens with one attached hydrogen (secondary N) is 1. The Morgan fingerprint density at radius 1 is 1.75 bits per heavy atom. The number of rotatable bonds is 5. The van der Waals surface area contributed by atoms with Crippen molar-refractivity contribution in [3.63, 3.8) is 0 Å². The van der Waals surface area contributed by atoms with E-state index >= 15 is 0 Å². The molecule has 3 N–H and O–H groups in total. The van der Waals surface area contributed by atoms with Crippen molar-refractivity contribution in [3.05, 3.63) is 17.5 Å². The number of nitrogens with two attached hydrogens (primary N) is 1. The molecule has 1 heterocycles. The van der Waals surface area contributed by atoms with Crippen LogP contribution >= 0.6 is 12.4 Å². The lowest BCUT2D eigenvalue weighted by Crippen LogP contribution is -2.37. The summed E-state index contributed by atoms with van der Waals surface area (Å²) >= 11 is 0. The molecular formula is C9H16ClN3O3. The maximum atomic E-state index is 11.5. The number of methoxy groups -OCH3 is 1. The highest BCUT2D eigenvalue weighted by atomic mass is 35.5. The van der Waals surface area contributed by atoms with Crippen LogP contribution < -0.4 is 11.1 Å². The molecule has 0 aliphatic carbocycles. The van der Waals surface area contributed by atoms with Gasteiger partial charge in [0, 0.05) is 25.8 Å². The second kappa shape index (κ2) is 7.21. The second-order valence-electron chi connectivity index (χ2n) is 3.22. The normalized spacial score (nSPS) is 11.7. The molecule has 1 amide bonds. The molecule has 0 spiro atoms. The van der Waals surface area contributed by atoms with Gasteiger partial charge < -0.3 is 20.3 Å². The molecule has 7 heteroatoms. The minimum Gasteiger partial charge on any atom is -0.377 e. The standard InChI is InChI=1S/C9H15N3O3.ClH/c1-6(4-10)11-9(13)8-3-7(5-14-2)15-12-8;/h3,6H,4-5,10H2,1-2H3,(H,11,13);1H/t6-;/m1./s1. The number of amides is 1. The van der Waals surface area contributed by atoms with Gasteiger partial charge in [-0.05, 0) is 6.92 Å². The van der Waals surface area contributed by atoms with Crippen molar-refractivity contribution < 1.29 is 14.1 Å². The Hall–Kier alpha value is -1.11. The second-order valence-corrected chi connectivity index (χ2v) is 3.22. The number of aromatic nitrogens is 1. The number of hydrogen-bond donors (Lipinski definition) is 2. The van der Waals surface area contributed by atoms with Crippen LogP contribution in [-0.4, -0.2) is 30.8 Å². The molecule has 1 atom stereocenters. The van der Waals surface area contributed by atoms with Crippen LogP contribution in [0.15, 0.2) is 10.6 Å². The van der Waals surface area contributed by atoms with Gasteiger partial charge in [-0.1, -0.05) is 5.16 Å². The molecule has 16 heavy (non-hydrogen) atoms. The van der Waals surface area contributed by atoms with E-state index in [2.05, 4.69) is 10.5 Å². The topological polar surface area (TPSA) is 90.4 Å². The molecule has 1 aromatic rings. The Morgan fingerprint density at radius 3 is 3.00 bits per heavy atom. The summed E-state index contributed by atoms with van der Waals surface area (Å²) in [5.74, 6) is 0.224. The van der Waals surface area contributed by atoms with E-state index in [1.54, 1.807) is 13.2 Å². The van der Waals surface area contributed by atoms with E-state index in [0.717, 1.165) is 0 Å². The predicted molar refractivity (Wildman–Crippen MR) is 60.4 cm³/mol. The zero-order chi connectivity index (χ0) is 11.3. The predicted octanol–water partition coefficient (Wildman–Crippen LogP) is 0.320. The Labute approximate surface area is 99.9 Å². The van der Waals surface area contributed by atoms with Gasteiger partial charge in [-0.3, -0.25) is 4.79 Å². The molecule has 0 saturated heterocycles. The zero-order valence-corrected chi connectivity index (χ0v) is 10.0. The Morgan fingerprint density at radius 2 is 2.44 bits per heavy atom. The molecule has 0 fully saturated rings. The van der Waals surface area contributed by atoms with Gasteiger partial charge >= 0.3 is 0 Å². The highest BCUT2D eigenvalue weighted by Gasteiger charge is 2.13. The van der Waals surface area contributed by atoms with Gasteiger partial charge in [0.1, 0.15) is 6.61 Å². The fourth-order valence-electron chi connectivity index (χ4n) is 0.987. The third-order valence-electron chi connectivity index (χ3n) is 1.81. The van der Waals surface area contributed by atoms with Crippen molar-refractivity contribution in [3.8, 4) is 0 Å². The molecule has 0 radical (unpaired) electrons. The average Bonchev–Trinajstić information content (AvgIpc) is 2.67. The van der Waals surface area contributed by atoms with Crippen LogP contribution in [0.2, 0.25) is 0 Å². The number of carbonyl (C=O) groups is 1. The summed E-state index contributed by atoms with van der Waals surface area (Å²) in [6, 6.07) is 1.46. The molecule has 1 rings (SSSR count). The lowest BCUT2D eigenvalue weighted by atomic mass is 10.3. The monoisotopic (exact) mass is 249 g/mol. The van der Waals surface area contributed by atoms with E-state index in [1.165, 1.54) is 0 Å². The highest BCUT2D eigenvalue weighted by Crippen LogP contribution is 2.04. The van der Waals surface area contributed by atoms with E-state index < -0.39 is 0 Å². The molecule has 92 valence electrons. The zero-order valence-electron chi connectivity index (χ0n) is 9.23. The van der Waals surface area contributed by atoms with Crippen LogP contribution in [0.4, 0.5) is 0 Å². The Bertz CT molecular complexity index is 330. The summed E-state index contributed by atoms with van der Waals surface area (Å²) in [7, 11) is 1.54. The van der Waals surface area contributed by atoms with Crippen molar-refractivity contribution in [1.29, 1.82) is 0 Å². The molecule has 0 aromatic carbocycles. The summed E-state index contributed by atoms with van der Waals surface area (Å²) in [4.78, 5) is 11.5. The van der Waals surface area contributed by atoms with Crippen LogP contribution in [-0.2, 0) is 11.3 Å². The van der Waals surface area contributed by atoms with Crippen molar-refractivity contribution in [1.82, 2.24) is 10.5 Å². The smallest absolute Gasteiger partial charge is 0.273 e. The Kier molecular flexibility index (Phi) is 6.71. The van der Waals surface area contributed by atoms with Gasteiger partial charge in [0.2, 0.25) is 0 Å². The van der Waals surface area contributed by atoms with Crippen LogP contribution in [0, 0.1) is 0 Å². The Balaban J connectivity index is 0.00000225. The summed E-state index contributed by atoms with van der Waals surface area (Å²) in [6.45, 7) is 2.50. The number of carbonyl (C=O) groups excluding carboxylic acids is 1. The van der Waals surface area contributed by atoms with Crippen molar-refractivity contribution >= 4 is 18.3 Å². The van der Waals surface area contributed by atoms with Gasteiger partial charge in [0.15, 0.2) is 11.5 Å². The fraction of sp³-hybridized carbons (Fsp3) is 0.556. The first kappa shape index (κ1) is 14.9. The molecule has 0 unspecified atom stereocenters. The van der Waals surface area contributed by atoms with E-state index in [-0.39, 0.29) is 30.0 Å². The number of nitrogens with zero attached hydrogens (tertiary/aromatic N) is 1. The third kappa shape index (κ3) is 4.18. The van der Waals surface area contributed by atoms with Gasteiger partial charge in [0.25, 0.3) is 5.91 Å². The highest BCUT2D eigenvalue weighted by molar-refractivity contribution is 5.92. The molecule has 6 nitrogen and oxygen atoms in total. The maximum absolute atomic E-state index is 11.5. The molecular weight excluding hydrogens is 234 g/mol. The number of hydrogen-bond acceptors (Lipinski definition) is 5. The minimum absolute atomic E-state index is 0. The maximum Gasteiger partial charge on any atom is 0.273 e. The summed E-state index contributed by atoms with van der Waals surface area (Å²) in [5, 5.41) is 6.29. The first-order valence-corrected chi connectivity index (χ1v) is 4.62. The van der Waals surface area contributed by atoms with E-state index in [1.807, 2.05) is 6.92 Å². The van der Waals surface area contributed by atoms with Crippen molar-refractivity contribution in [2.75, 3.05) is 13.7 Å². The number of halogens is 1. The van der Waals surface area contributed by atoms with Crippen molar-refractivity contribution in [2.45, 2.75) is 19.6 Å². The molecule has 1 aromatic heterocycles. The van der Waals surface area contributed by atoms with Crippen molar-refractivity contribution in [2.24, 2.45) is 5.73 Å². The molecule has 0 aliphatic rings. The largest absolute Gasteiger partial charge is 0.377 e. The summed E-state index contributed by atoms with van der Waals surface area (Å²) in [5.41, 5.74) is 5.61. The first-order valence-electron chi connectivity index (χ1n) is 4.62. The average molecular weight is 250 g/mol. The third-order valence-corrected chi connectivity index (χ3v) is 1.81. The van der Waals surface area contributed by atoms with Gasteiger partial charge in [-0.25, -0.2) is 0 Å². The summed E-state index contributed by atoms with van der Waals surface area (Å²) < 4.78 is 9.71. The van der Waals surface area contributed by atoms with Gasteiger partial charge in [0.05, 0.1) is 0 Å². The van der Waals surface area contributed by atoms with E-state index in [0.29, 0.717) is 18.9 Å². The van der Waals surface area contributed by atoms with E-state index in [4.69, 9.17) is 15.0 Å².